The van der Waals surface area contributed by atoms with E-state index >= 15 is 0 Å². The van der Waals surface area contributed by atoms with Crippen molar-refractivity contribution < 1.29 is 4.79 Å². The van der Waals surface area contributed by atoms with Gasteiger partial charge in [0, 0.05) is 11.4 Å². The van der Waals surface area contributed by atoms with E-state index in [1.165, 1.54) is 18.4 Å². The summed E-state index contributed by atoms with van der Waals surface area (Å²) >= 11 is 0. The molecule has 1 aliphatic carbocycles. The third-order valence-corrected chi connectivity index (χ3v) is 4.31. The Kier molecular flexibility index (Phi) is 3.66. The number of amides is 1. The lowest BCUT2D eigenvalue weighted by Crippen LogP contribution is -2.27. The third kappa shape index (κ3) is 2.92. The molecule has 3 nitrogen and oxygen atoms in total. The fourth-order valence-corrected chi connectivity index (χ4v) is 2.96. The van der Waals surface area contributed by atoms with Gasteiger partial charge in [0.05, 0.1) is 16.8 Å². The average Bonchev–Trinajstić information content (AvgIpc) is 3.16. The number of pyridine rings is 1. The van der Waals surface area contributed by atoms with Crippen LogP contribution in [0.1, 0.15) is 47.8 Å². The van der Waals surface area contributed by atoms with E-state index in [1.807, 2.05) is 19.1 Å². The molecule has 0 radical (unpaired) electrons. The largest absolute Gasteiger partial charge is 0.349 e. The summed E-state index contributed by atoms with van der Waals surface area (Å²) in [7, 11) is 0. The molecule has 110 valence electrons. The lowest BCUT2D eigenvalue weighted by Gasteiger charge is -2.09. The molecule has 1 aromatic carbocycles. The maximum absolute atomic E-state index is 12.4. The number of carbonyl (C=O) groups excluding carboxylic acids is 1. The molecule has 1 saturated carbocycles. The predicted molar refractivity (Wildman–Crippen MR) is 85.5 cm³/mol. The molecule has 0 spiro atoms. The highest BCUT2D eigenvalue weighted by atomic mass is 16.1. The van der Waals surface area contributed by atoms with Crippen LogP contribution in [0.3, 0.4) is 0 Å². The Balaban J connectivity index is 1.81. The first-order valence-electron chi connectivity index (χ1n) is 7.77. The molecule has 1 aliphatic rings. The summed E-state index contributed by atoms with van der Waals surface area (Å²) in [6.07, 6.45) is 3.52. The summed E-state index contributed by atoms with van der Waals surface area (Å²) in [5.41, 5.74) is 3.65. The van der Waals surface area contributed by atoms with Gasteiger partial charge in [-0.2, -0.15) is 0 Å². The molecule has 2 aromatic rings. The summed E-state index contributed by atoms with van der Waals surface area (Å²) in [6.45, 7) is 6.15. The lowest BCUT2D eigenvalue weighted by atomic mass is 10.1. The highest BCUT2D eigenvalue weighted by Gasteiger charge is 2.37. The van der Waals surface area contributed by atoms with Crippen molar-refractivity contribution in [3.8, 4) is 0 Å². The zero-order chi connectivity index (χ0) is 15.0. The Morgan fingerprint density at radius 1 is 1.33 bits per heavy atom. The van der Waals surface area contributed by atoms with Crippen molar-refractivity contribution >= 4 is 16.8 Å². The molecule has 3 rings (SSSR count). The maximum atomic E-state index is 12.4. The minimum atomic E-state index is 0.0195. The Morgan fingerprint density at radius 2 is 2.14 bits per heavy atom. The van der Waals surface area contributed by atoms with Crippen LogP contribution in [0.15, 0.2) is 24.3 Å². The Labute approximate surface area is 125 Å². The quantitative estimate of drug-likeness (QED) is 0.927. The van der Waals surface area contributed by atoms with Crippen LogP contribution < -0.4 is 5.32 Å². The van der Waals surface area contributed by atoms with Crippen molar-refractivity contribution in [2.75, 3.05) is 0 Å². The number of nitrogens with zero attached hydrogens (tertiary/aromatic N) is 1. The fourth-order valence-electron chi connectivity index (χ4n) is 2.96. The molecule has 0 unspecified atom stereocenters. The summed E-state index contributed by atoms with van der Waals surface area (Å²) in [5.74, 6) is 0.696. The van der Waals surface area contributed by atoms with Crippen molar-refractivity contribution in [1.82, 2.24) is 10.3 Å². The van der Waals surface area contributed by atoms with E-state index in [0.29, 0.717) is 17.5 Å². The van der Waals surface area contributed by atoms with Crippen LogP contribution in [0.5, 0.6) is 0 Å². The van der Waals surface area contributed by atoms with Crippen molar-refractivity contribution in [2.45, 2.75) is 46.1 Å². The Bertz CT molecular complexity index is 693. The Hall–Kier alpha value is -1.90. The molecule has 1 fully saturated rings. The van der Waals surface area contributed by atoms with Crippen molar-refractivity contribution in [3.63, 3.8) is 0 Å². The molecular weight excluding hydrogens is 260 g/mol. The number of aryl methyl sites for hydroxylation is 2. The molecule has 1 amide bonds. The first-order chi connectivity index (χ1) is 10.1. The smallest absolute Gasteiger partial charge is 0.253 e. The summed E-state index contributed by atoms with van der Waals surface area (Å²) in [5, 5.41) is 4.17. The number of rotatable bonds is 4. The lowest BCUT2D eigenvalue weighted by molar-refractivity contribution is 0.0948. The predicted octanol–water partition coefficient (Wildman–Crippen LogP) is 3.77. The summed E-state index contributed by atoms with van der Waals surface area (Å²) < 4.78 is 0. The molecule has 2 atom stereocenters. The zero-order valence-electron chi connectivity index (χ0n) is 12.9. The van der Waals surface area contributed by atoms with Gasteiger partial charge in [0.1, 0.15) is 0 Å². The highest BCUT2D eigenvalue weighted by Crippen LogP contribution is 2.34. The minimum Gasteiger partial charge on any atom is -0.349 e. The van der Waals surface area contributed by atoms with Gasteiger partial charge in [0.25, 0.3) is 5.91 Å². The van der Waals surface area contributed by atoms with Crippen molar-refractivity contribution in [2.24, 2.45) is 5.92 Å². The second kappa shape index (κ2) is 5.47. The van der Waals surface area contributed by atoms with Crippen LogP contribution in [-0.4, -0.2) is 16.9 Å². The van der Waals surface area contributed by atoms with Gasteiger partial charge in [-0.05, 0) is 50.3 Å². The van der Waals surface area contributed by atoms with E-state index < -0.39 is 0 Å². The standard InChI is InChI=1S/C18H22N2O/c1-4-5-13-10-17(13)20-18(21)15-9-14-7-6-11(2)8-16(14)19-12(15)3/h6-9,13,17H,4-5,10H2,1-3H3,(H,20,21)/t13-,17+/m1/s1. The van der Waals surface area contributed by atoms with E-state index in [9.17, 15) is 4.79 Å². The topological polar surface area (TPSA) is 42.0 Å². The van der Waals surface area contributed by atoms with Crippen LogP contribution in [0.2, 0.25) is 0 Å². The number of fused-ring (bicyclic) bond motifs is 1. The summed E-state index contributed by atoms with van der Waals surface area (Å²) in [6, 6.07) is 8.47. The van der Waals surface area contributed by atoms with Gasteiger partial charge in [0.2, 0.25) is 0 Å². The zero-order valence-corrected chi connectivity index (χ0v) is 12.9. The number of hydrogen-bond donors (Lipinski definition) is 1. The van der Waals surface area contributed by atoms with Crippen molar-refractivity contribution in [3.05, 3.63) is 41.1 Å². The number of hydrogen-bond acceptors (Lipinski definition) is 2. The van der Waals surface area contributed by atoms with Crippen LogP contribution in [0, 0.1) is 19.8 Å². The molecule has 1 aromatic heterocycles. The molecule has 21 heavy (non-hydrogen) atoms. The van der Waals surface area contributed by atoms with Crippen LogP contribution in [0.25, 0.3) is 10.9 Å². The van der Waals surface area contributed by atoms with Gasteiger partial charge in [-0.1, -0.05) is 25.5 Å². The third-order valence-electron chi connectivity index (χ3n) is 4.31. The van der Waals surface area contributed by atoms with E-state index in [-0.39, 0.29) is 5.91 Å². The van der Waals surface area contributed by atoms with Crippen LogP contribution in [0.4, 0.5) is 0 Å². The second-order valence-corrected chi connectivity index (χ2v) is 6.18. The van der Waals surface area contributed by atoms with Crippen LogP contribution >= 0.6 is 0 Å². The molecular formula is C18H22N2O. The second-order valence-electron chi connectivity index (χ2n) is 6.18. The van der Waals surface area contributed by atoms with E-state index in [2.05, 4.69) is 36.3 Å². The van der Waals surface area contributed by atoms with Crippen LogP contribution in [-0.2, 0) is 0 Å². The van der Waals surface area contributed by atoms with E-state index in [0.717, 1.165) is 23.0 Å². The number of aromatic nitrogens is 1. The van der Waals surface area contributed by atoms with E-state index in [1.54, 1.807) is 0 Å². The SMILES string of the molecule is CCC[C@@H]1C[C@@H]1NC(=O)c1cc2ccc(C)cc2nc1C. The monoisotopic (exact) mass is 282 g/mol. The number of nitrogens with one attached hydrogen (secondary N) is 1. The van der Waals surface area contributed by atoms with Crippen molar-refractivity contribution in [1.29, 1.82) is 0 Å². The van der Waals surface area contributed by atoms with E-state index in [4.69, 9.17) is 0 Å². The average molecular weight is 282 g/mol. The van der Waals surface area contributed by atoms with Gasteiger partial charge in [-0.15, -0.1) is 0 Å². The Morgan fingerprint density at radius 3 is 2.90 bits per heavy atom. The maximum Gasteiger partial charge on any atom is 0.253 e. The first kappa shape index (κ1) is 14.1. The molecule has 1 heterocycles. The molecule has 0 bridgehead atoms. The molecule has 0 aliphatic heterocycles. The van der Waals surface area contributed by atoms with Gasteiger partial charge < -0.3 is 5.32 Å². The summed E-state index contributed by atoms with van der Waals surface area (Å²) in [4.78, 5) is 17.0. The molecule has 1 N–H and O–H groups in total. The first-order valence-corrected chi connectivity index (χ1v) is 7.77. The fraction of sp³-hybridized carbons (Fsp3) is 0.444. The molecule has 3 heteroatoms. The highest BCUT2D eigenvalue weighted by molar-refractivity contribution is 5.99. The van der Waals surface area contributed by atoms with Gasteiger partial charge >= 0.3 is 0 Å². The number of benzene rings is 1. The van der Waals surface area contributed by atoms with Gasteiger partial charge in [-0.3, -0.25) is 9.78 Å². The van der Waals surface area contributed by atoms with Gasteiger partial charge in [0.15, 0.2) is 0 Å². The normalized spacial score (nSPS) is 20.5. The number of carbonyl (C=O) groups is 1. The van der Waals surface area contributed by atoms with Gasteiger partial charge in [-0.25, -0.2) is 0 Å². The molecule has 0 saturated heterocycles. The minimum absolute atomic E-state index is 0.0195.